The van der Waals surface area contributed by atoms with E-state index in [1.807, 2.05) is 0 Å². The molecular weight excluding hydrogens is 416 g/mol. The Morgan fingerprint density at radius 1 is 0.968 bits per heavy atom. The van der Waals surface area contributed by atoms with E-state index >= 15 is 0 Å². The first kappa shape index (κ1) is 22.3. The molecule has 0 bridgehead atoms. The van der Waals surface area contributed by atoms with E-state index in [0.717, 1.165) is 0 Å². The van der Waals surface area contributed by atoms with Gasteiger partial charge in [0.25, 0.3) is 5.91 Å². The summed E-state index contributed by atoms with van der Waals surface area (Å²) >= 11 is 5.87. The fourth-order valence-corrected chi connectivity index (χ4v) is 3.16. The summed E-state index contributed by atoms with van der Waals surface area (Å²) < 4.78 is 5.93. The van der Waals surface area contributed by atoms with Crippen molar-refractivity contribution in [1.29, 1.82) is 0 Å². The van der Waals surface area contributed by atoms with E-state index in [-0.39, 0.29) is 17.4 Å². The molecule has 0 unspecified atom stereocenters. The van der Waals surface area contributed by atoms with Gasteiger partial charge in [0.15, 0.2) is 11.4 Å². The van der Waals surface area contributed by atoms with Crippen LogP contribution in [0.25, 0.3) is 0 Å². The Kier molecular flexibility index (Phi) is 6.63. The summed E-state index contributed by atoms with van der Waals surface area (Å²) in [5.74, 6) is -0.00565. The molecule has 0 atom stereocenters. The summed E-state index contributed by atoms with van der Waals surface area (Å²) in [5, 5.41) is 11.6. The lowest BCUT2D eigenvalue weighted by Gasteiger charge is -2.31. The third kappa shape index (κ3) is 5.23. The number of nitrogens with zero attached hydrogens (tertiary/aromatic N) is 1. The number of halogens is 1. The molecule has 3 aromatic rings. The van der Waals surface area contributed by atoms with Gasteiger partial charge in [-0.05, 0) is 74.5 Å². The molecule has 0 aliphatic heterocycles. The zero-order chi connectivity index (χ0) is 22.6. The number of anilines is 1. The van der Waals surface area contributed by atoms with Crippen LogP contribution in [0, 0.1) is 0 Å². The number of hydrogen-bond donors (Lipinski definition) is 2. The van der Waals surface area contributed by atoms with Gasteiger partial charge >= 0.3 is 0 Å². The molecule has 0 saturated carbocycles. The molecule has 0 aliphatic carbocycles. The molecule has 31 heavy (non-hydrogen) atoms. The van der Waals surface area contributed by atoms with Crippen LogP contribution >= 0.6 is 11.6 Å². The van der Waals surface area contributed by atoms with Gasteiger partial charge in [0, 0.05) is 29.3 Å². The summed E-state index contributed by atoms with van der Waals surface area (Å²) in [6, 6.07) is 19.6. The van der Waals surface area contributed by atoms with Crippen molar-refractivity contribution in [3.63, 3.8) is 0 Å². The van der Waals surface area contributed by atoms with Crippen molar-refractivity contribution in [1.82, 2.24) is 5.43 Å². The Hall–Kier alpha value is -3.35. The number of carbonyl (C=O) groups is 2. The number of hydrazine groups is 1. The minimum atomic E-state index is -1.23. The first-order valence-electron chi connectivity index (χ1n) is 9.61. The van der Waals surface area contributed by atoms with Gasteiger partial charge in [0.05, 0.1) is 5.69 Å². The van der Waals surface area contributed by atoms with Crippen LogP contribution in [-0.4, -0.2) is 29.4 Å². The molecule has 7 heteroatoms. The molecule has 3 rings (SSSR count). The highest BCUT2D eigenvalue weighted by molar-refractivity contribution is 6.30. The molecule has 0 spiro atoms. The van der Waals surface area contributed by atoms with Gasteiger partial charge in [-0.3, -0.25) is 9.59 Å². The standard InChI is InChI=1S/C24H23ClN2O4/c1-24(2,23(30)27(26-3)19-5-4-6-20(28)15-19)31-21-13-9-17(10-14-21)22(29)16-7-11-18(25)12-8-16/h4-15,26,28H,1-3H3. The molecule has 1 amide bonds. The summed E-state index contributed by atoms with van der Waals surface area (Å²) in [5.41, 5.74) is 3.10. The number of ether oxygens (including phenoxy) is 1. The van der Waals surface area contributed by atoms with Crippen LogP contribution < -0.4 is 15.2 Å². The maximum atomic E-state index is 13.1. The van der Waals surface area contributed by atoms with Crippen LogP contribution in [0.15, 0.2) is 72.8 Å². The quantitative estimate of drug-likeness (QED) is 0.416. The second-order valence-corrected chi connectivity index (χ2v) is 7.79. The molecule has 0 heterocycles. The molecule has 3 aromatic carbocycles. The van der Waals surface area contributed by atoms with Crippen LogP contribution in [0.4, 0.5) is 5.69 Å². The largest absolute Gasteiger partial charge is 0.508 e. The number of rotatable bonds is 7. The Morgan fingerprint density at radius 2 is 1.55 bits per heavy atom. The monoisotopic (exact) mass is 438 g/mol. The van der Waals surface area contributed by atoms with Crippen molar-refractivity contribution in [2.24, 2.45) is 0 Å². The second-order valence-electron chi connectivity index (χ2n) is 7.36. The third-order valence-corrected chi connectivity index (χ3v) is 4.88. The van der Waals surface area contributed by atoms with Crippen molar-refractivity contribution in [2.75, 3.05) is 12.1 Å². The van der Waals surface area contributed by atoms with Crippen LogP contribution in [0.1, 0.15) is 29.8 Å². The molecule has 0 radical (unpaired) electrons. The SMILES string of the molecule is CNN(C(=O)C(C)(C)Oc1ccc(C(=O)c2ccc(Cl)cc2)cc1)c1cccc(O)c1. The van der Waals surface area contributed by atoms with Gasteiger partial charge in [-0.25, -0.2) is 10.4 Å². The van der Waals surface area contributed by atoms with Crippen LogP contribution in [0.3, 0.4) is 0 Å². The highest BCUT2D eigenvalue weighted by Crippen LogP contribution is 2.25. The molecule has 2 N–H and O–H groups in total. The van der Waals surface area contributed by atoms with Crippen LogP contribution in [0.2, 0.25) is 5.02 Å². The van der Waals surface area contributed by atoms with Crippen LogP contribution in [-0.2, 0) is 4.79 Å². The predicted molar refractivity (Wildman–Crippen MR) is 121 cm³/mol. The number of hydrogen-bond acceptors (Lipinski definition) is 5. The van der Waals surface area contributed by atoms with Gasteiger partial charge in [-0.1, -0.05) is 17.7 Å². The fourth-order valence-electron chi connectivity index (χ4n) is 3.03. The summed E-state index contributed by atoms with van der Waals surface area (Å²) in [6.07, 6.45) is 0. The van der Waals surface area contributed by atoms with E-state index in [0.29, 0.717) is 27.6 Å². The molecule has 6 nitrogen and oxygen atoms in total. The highest BCUT2D eigenvalue weighted by atomic mass is 35.5. The first-order valence-corrected chi connectivity index (χ1v) is 9.99. The average molecular weight is 439 g/mol. The number of aromatic hydroxyl groups is 1. The molecule has 0 aromatic heterocycles. The van der Waals surface area contributed by atoms with E-state index in [1.165, 1.54) is 17.1 Å². The average Bonchev–Trinajstić information content (AvgIpc) is 2.74. The highest BCUT2D eigenvalue weighted by Gasteiger charge is 2.35. The Labute approximate surface area is 186 Å². The Balaban J connectivity index is 1.75. The van der Waals surface area contributed by atoms with E-state index in [1.54, 1.807) is 81.6 Å². The molecule has 0 saturated heterocycles. The summed E-state index contributed by atoms with van der Waals surface area (Å²) in [6.45, 7) is 3.30. The maximum Gasteiger partial charge on any atom is 0.284 e. The second kappa shape index (κ2) is 9.20. The Morgan fingerprint density at radius 3 is 2.10 bits per heavy atom. The predicted octanol–water partition coefficient (Wildman–Crippen LogP) is 4.60. The van der Waals surface area contributed by atoms with Gasteiger partial charge in [-0.15, -0.1) is 0 Å². The molecule has 0 fully saturated rings. The zero-order valence-corrected chi connectivity index (χ0v) is 18.2. The minimum Gasteiger partial charge on any atom is -0.508 e. The lowest BCUT2D eigenvalue weighted by atomic mass is 10.0. The number of phenolic OH excluding ortho intramolecular Hbond substituents is 1. The van der Waals surface area contributed by atoms with Crippen molar-refractivity contribution in [3.8, 4) is 11.5 Å². The van der Waals surface area contributed by atoms with Crippen LogP contribution in [0.5, 0.6) is 11.5 Å². The maximum absolute atomic E-state index is 13.1. The van der Waals surface area contributed by atoms with Crippen molar-refractivity contribution in [2.45, 2.75) is 19.4 Å². The van der Waals surface area contributed by atoms with Gasteiger partial charge in [0.1, 0.15) is 11.5 Å². The lowest BCUT2D eigenvalue weighted by molar-refractivity contribution is -0.132. The van der Waals surface area contributed by atoms with Gasteiger partial charge in [-0.2, -0.15) is 0 Å². The normalized spacial score (nSPS) is 11.1. The van der Waals surface area contributed by atoms with E-state index in [2.05, 4.69) is 5.43 Å². The summed E-state index contributed by atoms with van der Waals surface area (Å²) in [7, 11) is 1.61. The number of ketones is 1. The zero-order valence-electron chi connectivity index (χ0n) is 17.4. The van der Waals surface area contributed by atoms with Crippen molar-refractivity contribution < 1.29 is 19.4 Å². The van der Waals surface area contributed by atoms with E-state index < -0.39 is 5.60 Å². The number of carbonyl (C=O) groups excluding carboxylic acids is 2. The number of benzene rings is 3. The molecule has 0 aliphatic rings. The number of amides is 1. The summed E-state index contributed by atoms with van der Waals surface area (Å²) in [4.78, 5) is 25.7. The van der Waals surface area contributed by atoms with Gasteiger partial charge < -0.3 is 9.84 Å². The van der Waals surface area contributed by atoms with Crippen molar-refractivity contribution >= 4 is 29.0 Å². The smallest absolute Gasteiger partial charge is 0.284 e. The molecular formula is C24H23ClN2O4. The van der Waals surface area contributed by atoms with Gasteiger partial charge in [0.2, 0.25) is 0 Å². The molecule has 160 valence electrons. The topological polar surface area (TPSA) is 78.9 Å². The third-order valence-electron chi connectivity index (χ3n) is 4.63. The number of nitrogens with one attached hydrogen (secondary N) is 1. The van der Waals surface area contributed by atoms with E-state index in [4.69, 9.17) is 16.3 Å². The van der Waals surface area contributed by atoms with Crippen molar-refractivity contribution in [3.05, 3.63) is 88.9 Å². The lowest BCUT2D eigenvalue weighted by Crippen LogP contribution is -2.53. The minimum absolute atomic E-state index is 0.0465. The first-order chi connectivity index (χ1) is 14.7. The fraction of sp³-hybridized carbons (Fsp3) is 0.167. The Bertz CT molecular complexity index is 1080. The van der Waals surface area contributed by atoms with E-state index in [9.17, 15) is 14.7 Å². The number of phenols is 1.